The molecule has 0 aliphatic heterocycles. The van der Waals surface area contributed by atoms with E-state index in [2.05, 4.69) is 10.6 Å². The van der Waals surface area contributed by atoms with Crippen LogP contribution in [0.1, 0.15) is 46.5 Å². The molecule has 9 heteroatoms. The zero-order valence-corrected chi connectivity index (χ0v) is 19.4. The fourth-order valence-corrected chi connectivity index (χ4v) is 4.54. The van der Waals surface area contributed by atoms with Crippen molar-refractivity contribution >= 4 is 45.3 Å². The number of benzene rings is 1. The molecule has 1 aromatic carbocycles. The third-order valence-electron chi connectivity index (χ3n) is 5.04. The Labute approximate surface area is 187 Å². The predicted molar refractivity (Wildman–Crippen MR) is 120 cm³/mol. The van der Waals surface area contributed by atoms with Crippen molar-refractivity contribution in [1.29, 1.82) is 0 Å². The summed E-state index contributed by atoms with van der Waals surface area (Å²) in [5.74, 6) is 0. The average Bonchev–Trinajstić information content (AvgIpc) is 2.90. The molecule has 2 aromatic rings. The van der Waals surface area contributed by atoms with Gasteiger partial charge < -0.3 is 19.9 Å². The van der Waals surface area contributed by atoms with Gasteiger partial charge in [-0.3, -0.25) is 0 Å². The molecule has 2 N–H and O–H groups in total. The van der Waals surface area contributed by atoms with E-state index in [0.29, 0.717) is 9.22 Å². The minimum atomic E-state index is -4.27. The number of aromatic nitrogens is 1. The molecular weight excluding hydrogens is 510 g/mol. The smallest absolute Gasteiger partial charge is 0.407 e. The molecule has 1 saturated carbocycles. The van der Waals surface area contributed by atoms with Crippen LogP contribution in [0, 0.1) is 3.70 Å². The molecular formula is C21H27F3IN3O2. The molecule has 0 saturated heterocycles. The molecule has 1 aliphatic carbocycles. The van der Waals surface area contributed by atoms with E-state index in [1.165, 1.54) is 4.57 Å². The Morgan fingerprint density at radius 3 is 2.40 bits per heavy atom. The van der Waals surface area contributed by atoms with E-state index in [1.54, 1.807) is 18.2 Å². The first-order chi connectivity index (χ1) is 13.9. The normalized spacial score (nSPS) is 20.2. The van der Waals surface area contributed by atoms with Gasteiger partial charge in [0, 0.05) is 23.2 Å². The van der Waals surface area contributed by atoms with Crippen LogP contribution in [0.25, 0.3) is 10.9 Å². The van der Waals surface area contributed by atoms with Gasteiger partial charge in [0.1, 0.15) is 12.1 Å². The zero-order chi connectivity index (χ0) is 22.1. The number of rotatable bonds is 4. The van der Waals surface area contributed by atoms with Crippen molar-refractivity contribution in [3.05, 3.63) is 28.0 Å². The van der Waals surface area contributed by atoms with Gasteiger partial charge in [-0.05, 0) is 87.2 Å². The molecule has 0 spiro atoms. The lowest BCUT2D eigenvalue weighted by molar-refractivity contribution is -0.140. The third-order valence-corrected chi connectivity index (χ3v) is 5.93. The molecule has 0 atom stereocenters. The molecule has 5 nitrogen and oxygen atoms in total. The number of hydrogen-bond donors (Lipinski definition) is 2. The first kappa shape index (κ1) is 23.0. The highest BCUT2D eigenvalue weighted by molar-refractivity contribution is 14.1. The van der Waals surface area contributed by atoms with Crippen LogP contribution in [0.3, 0.4) is 0 Å². The molecule has 1 amide bonds. The minimum absolute atomic E-state index is 0.0718. The second-order valence-corrected chi connectivity index (χ2v) is 9.85. The van der Waals surface area contributed by atoms with E-state index in [0.717, 1.165) is 36.8 Å². The van der Waals surface area contributed by atoms with Gasteiger partial charge in [-0.2, -0.15) is 13.2 Å². The first-order valence-corrected chi connectivity index (χ1v) is 11.1. The number of carbonyl (C=O) groups excluding carboxylic acids is 1. The van der Waals surface area contributed by atoms with Gasteiger partial charge in [-0.15, -0.1) is 0 Å². The lowest BCUT2D eigenvalue weighted by Gasteiger charge is -2.31. The first-order valence-electron chi connectivity index (χ1n) is 10.0. The van der Waals surface area contributed by atoms with Crippen LogP contribution in [0.2, 0.25) is 0 Å². The summed E-state index contributed by atoms with van der Waals surface area (Å²) >= 11 is 1.95. The number of amides is 1. The Bertz CT molecular complexity index is 897. The molecule has 0 bridgehead atoms. The number of alkyl carbamates (subject to hydrolysis) is 1. The van der Waals surface area contributed by atoms with Crippen molar-refractivity contribution in [3.8, 4) is 0 Å². The number of alkyl halides is 3. The number of hydrogen-bond acceptors (Lipinski definition) is 3. The summed E-state index contributed by atoms with van der Waals surface area (Å²) in [6.07, 6.45) is -1.31. The van der Waals surface area contributed by atoms with Crippen LogP contribution < -0.4 is 10.6 Å². The number of nitrogens with one attached hydrogen (secondary N) is 2. The molecule has 0 radical (unpaired) electrons. The Kier molecular flexibility index (Phi) is 6.78. The topological polar surface area (TPSA) is 55.3 Å². The van der Waals surface area contributed by atoms with Crippen molar-refractivity contribution in [2.45, 2.75) is 76.9 Å². The molecule has 1 aliphatic rings. The standard InChI is InChI=1S/C21H27F3IN3O2/c1-20(2,3)30-19(29)27-14-9-7-13(8-10-14)26-16-5-4-6-17-15(16)11-18(25)28(17)12-21(22,23)24/h4-6,11,13-14,26H,7-10,12H2,1-3H3,(H,27,29). The summed E-state index contributed by atoms with van der Waals surface area (Å²) in [4.78, 5) is 11.9. The van der Waals surface area contributed by atoms with E-state index in [9.17, 15) is 18.0 Å². The monoisotopic (exact) mass is 537 g/mol. The maximum atomic E-state index is 12.9. The van der Waals surface area contributed by atoms with Crippen molar-refractivity contribution in [1.82, 2.24) is 9.88 Å². The van der Waals surface area contributed by atoms with Crippen molar-refractivity contribution in [3.63, 3.8) is 0 Å². The summed E-state index contributed by atoms with van der Waals surface area (Å²) in [6.45, 7) is 4.49. The SMILES string of the molecule is CC(C)(C)OC(=O)NC1CCC(Nc2cccc3c2cc(I)n3CC(F)(F)F)CC1. The molecule has 3 rings (SSSR count). The summed E-state index contributed by atoms with van der Waals surface area (Å²) in [5.41, 5.74) is 0.888. The number of halogens is 4. The number of anilines is 1. The Morgan fingerprint density at radius 2 is 1.80 bits per heavy atom. The molecule has 30 heavy (non-hydrogen) atoms. The van der Waals surface area contributed by atoms with Crippen LogP contribution in [-0.4, -0.2) is 34.5 Å². The number of nitrogens with zero attached hydrogens (tertiary/aromatic N) is 1. The van der Waals surface area contributed by atoms with Gasteiger partial charge >= 0.3 is 12.3 Å². The largest absolute Gasteiger partial charge is 0.444 e. The van der Waals surface area contributed by atoms with Crippen LogP contribution in [0.4, 0.5) is 23.7 Å². The van der Waals surface area contributed by atoms with Crippen molar-refractivity contribution in [2.24, 2.45) is 0 Å². The minimum Gasteiger partial charge on any atom is -0.444 e. The van der Waals surface area contributed by atoms with Gasteiger partial charge in [-0.25, -0.2) is 4.79 Å². The van der Waals surface area contributed by atoms with E-state index >= 15 is 0 Å². The maximum Gasteiger partial charge on any atom is 0.407 e. The highest BCUT2D eigenvalue weighted by Crippen LogP contribution is 2.32. The second kappa shape index (κ2) is 8.84. The Hall–Kier alpha value is -1.65. The second-order valence-electron chi connectivity index (χ2n) is 8.75. The summed E-state index contributed by atoms with van der Waals surface area (Å²) < 4.78 is 46.0. The van der Waals surface area contributed by atoms with Gasteiger partial charge in [0.2, 0.25) is 0 Å². The van der Waals surface area contributed by atoms with Crippen LogP contribution in [0.5, 0.6) is 0 Å². The van der Waals surface area contributed by atoms with Crippen LogP contribution >= 0.6 is 22.6 Å². The number of fused-ring (bicyclic) bond motifs is 1. The van der Waals surface area contributed by atoms with E-state index in [1.807, 2.05) is 49.4 Å². The van der Waals surface area contributed by atoms with Gasteiger partial charge in [0.25, 0.3) is 0 Å². The zero-order valence-electron chi connectivity index (χ0n) is 17.3. The maximum absolute atomic E-state index is 12.9. The summed E-state index contributed by atoms with van der Waals surface area (Å²) in [7, 11) is 0. The van der Waals surface area contributed by atoms with E-state index in [4.69, 9.17) is 4.74 Å². The van der Waals surface area contributed by atoms with E-state index < -0.39 is 24.4 Å². The predicted octanol–water partition coefficient (Wildman–Crippen LogP) is 6.06. The number of carbonyl (C=O) groups is 1. The average molecular weight is 537 g/mol. The summed E-state index contributed by atoms with van der Waals surface area (Å²) in [6, 6.07) is 7.47. The Balaban J connectivity index is 1.63. The lowest BCUT2D eigenvalue weighted by Crippen LogP contribution is -2.42. The van der Waals surface area contributed by atoms with Gasteiger partial charge in [0.15, 0.2) is 0 Å². The molecule has 1 fully saturated rings. The highest BCUT2D eigenvalue weighted by Gasteiger charge is 2.30. The van der Waals surface area contributed by atoms with Gasteiger partial charge in [-0.1, -0.05) is 6.07 Å². The van der Waals surface area contributed by atoms with Crippen LogP contribution in [0.15, 0.2) is 24.3 Å². The fourth-order valence-electron chi connectivity index (χ4n) is 3.79. The lowest BCUT2D eigenvalue weighted by atomic mass is 9.91. The molecule has 1 heterocycles. The molecule has 0 unspecified atom stereocenters. The van der Waals surface area contributed by atoms with E-state index in [-0.39, 0.29) is 12.1 Å². The molecule has 1 aromatic heterocycles. The van der Waals surface area contributed by atoms with Gasteiger partial charge in [0.05, 0.1) is 9.22 Å². The fraction of sp³-hybridized carbons (Fsp3) is 0.571. The van der Waals surface area contributed by atoms with Crippen molar-refractivity contribution < 1.29 is 22.7 Å². The Morgan fingerprint density at radius 1 is 1.17 bits per heavy atom. The van der Waals surface area contributed by atoms with Crippen molar-refractivity contribution in [2.75, 3.05) is 5.32 Å². The molecule has 166 valence electrons. The third kappa shape index (κ3) is 6.18. The summed E-state index contributed by atoms with van der Waals surface area (Å²) in [5, 5.41) is 7.21. The van der Waals surface area contributed by atoms with Crippen LogP contribution in [-0.2, 0) is 11.3 Å². The highest BCUT2D eigenvalue weighted by atomic mass is 127. The number of ether oxygens (including phenoxy) is 1. The quantitative estimate of drug-likeness (QED) is 0.467.